The maximum Gasteiger partial charge on any atom is 0.387 e. The van der Waals surface area contributed by atoms with Crippen molar-refractivity contribution in [1.29, 1.82) is 0 Å². The van der Waals surface area contributed by atoms with Crippen molar-refractivity contribution in [2.45, 2.75) is 26.6 Å². The van der Waals surface area contributed by atoms with Crippen LogP contribution in [-0.2, 0) is 17.8 Å². The van der Waals surface area contributed by atoms with Crippen LogP contribution in [0.4, 0.5) is 8.78 Å². The number of pyridine rings is 1. The van der Waals surface area contributed by atoms with Crippen molar-refractivity contribution < 1.29 is 23.0 Å². The van der Waals surface area contributed by atoms with Gasteiger partial charge in [-0.15, -0.1) is 0 Å². The van der Waals surface area contributed by atoms with Crippen LogP contribution in [0.2, 0.25) is 0 Å². The lowest BCUT2D eigenvalue weighted by Gasteiger charge is -2.22. The zero-order valence-electron chi connectivity index (χ0n) is 17.5. The summed E-state index contributed by atoms with van der Waals surface area (Å²) >= 11 is 0. The van der Waals surface area contributed by atoms with Gasteiger partial charge in [-0.05, 0) is 30.2 Å². The van der Waals surface area contributed by atoms with Gasteiger partial charge in [-0.2, -0.15) is 8.78 Å². The SMILES string of the molecule is CCNC(=NCc1ccc(OCCOC)nc1)N(C)Cc1ccc(OC(F)F)cc1. The third kappa shape index (κ3) is 8.20. The van der Waals surface area contributed by atoms with E-state index in [-0.39, 0.29) is 5.75 Å². The second-order valence-corrected chi connectivity index (χ2v) is 6.39. The number of nitrogens with zero attached hydrogens (tertiary/aromatic N) is 3. The molecule has 0 fully saturated rings. The molecule has 2 aromatic rings. The van der Waals surface area contributed by atoms with Crippen LogP contribution in [0, 0.1) is 0 Å². The summed E-state index contributed by atoms with van der Waals surface area (Å²) in [6.07, 6.45) is 1.73. The van der Waals surface area contributed by atoms with Gasteiger partial charge in [-0.1, -0.05) is 18.2 Å². The summed E-state index contributed by atoms with van der Waals surface area (Å²) in [6, 6.07) is 10.3. The van der Waals surface area contributed by atoms with Crippen LogP contribution in [0.25, 0.3) is 0 Å². The molecule has 0 saturated carbocycles. The predicted molar refractivity (Wildman–Crippen MR) is 111 cm³/mol. The second kappa shape index (κ2) is 12.6. The highest BCUT2D eigenvalue weighted by molar-refractivity contribution is 5.79. The van der Waals surface area contributed by atoms with Crippen LogP contribution in [0.15, 0.2) is 47.6 Å². The molecule has 1 aromatic carbocycles. The molecule has 1 N–H and O–H groups in total. The maximum atomic E-state index is 12.3. The summed E-state index contributed by atoms with van der Waals surface area (Å²) in [5.74, 6) is 1.41. The fourth-order valence-electron chi connectivity index (χ4n) is 2.58. The molecule has 30 heavy (non-hydrogen) atoms. The number of aliphatic imine (C=N–C) groups is 1. The average molecular weight is 422 g/mol. The minimum atomic E-state index is -2.83. The first-order chi connectivity index (χ1) is 14.5. The number of halogens is 2. The first-order valence-corrected chi connectivity index (χ1v) is 9.61. The Balaban J connectivity index is 1.95. The van der Waals surface area contributed by atoms with Gasteiger partial charge in [0.2, 0.25) is 5.88 Å². The summed E-state index contributed by atoms with van der Waals surface area (Å²) in [5.41, 5.74) is 1.90. The monoisotopic (exact) mass is 422 g/mol. The zero-order valence-corrected chi connectivity index (χ0v) is 17.5. The van der Waals surface area contributed by atoms with Gasteiger partial charge >= 0.3 is 6.61 Å². The number of benzene rings is 1. The summed E-state index contributed by atoms with van der Waals surface area (Å²) in [6.45, 7) is 1.86. The Morgan fingerprint density at radius 3 is 2.47 bits per heavy atom. The third-order valence-corrected chi connectivity index (χ3v) is 4.01. The molecule has 2 rings (SSSR count). The first-order valence-electron chi connectivity index (χ1n) is 9.61. The van der Waals surface area contributed by atoms with Crippen molar-refractivity contribution in [1.82, 2.24) is 15.2 Å². The van der Waals surface area contributed by atoms with E-state index in [9.17, 15) is 8.78 Å². The second-order valence-electron chi connectivity index (χ2n) is 6.39. The molecule has 7 nitrogen and oxygen atoms in total. The van der Waals surface area contributed by atoms with Gasteiger partial charge in [0, 0.05) is 39.5 Å². The van der Waals surface area contributed by atoms with Crippen LogP contribution >= 0.6 is 0 Å². The number of ether oxygens (including phenoxy) is 3. The summed E-state index contributed by atoms with van der Waals surface area (Å²) in [5, 5.41) is 3.25. The Bertz CT molecular complexity index is 771. The maximum absolute atomic E-state index is 12.3. The fourth-order valence-corrected chi connectivity index (χ4v) is 2.58. The van der Waals surface area contributed by atoms with E-state index >= 15 is 0 Å². The van der Waals surface area contributed by atoms with Gasteiger partial charge < -0.3 is 24.4 Å². The van der Waals surface area contributed by atoms with Gasteiger partial charge in [0.05, 0.1) is 13.2 Å². The smallest absolute Gasteiger partial charge is 0.387 e. The van der Waals surface area contributed by atoms with E-state index in [4.69, 9.17) is 9.47 Å². The van der Waals surface area contributed by atoms with E-state index in [1.165, 1.54) is 12.1 Å². The number of methoxy groups -OCH3 is 1. The molecule has 0 aliphatic rings. The molecule has 1 aromatic heterocycles. The number of aromatic nitrogens is 1. The first kappa shape index (κ1) is 23.3. The fraction of sp³-hybridized carbons (Fsp3) is 0.429. The van der Waals surface area contributed by atoms with E-state index in [1.54, 1.807) is 31.5 Å². The molecule has 0 bridgehead atoms. The molecule has 0 aliphatic carbocycles. The van der Waals surface area contributed by atoms with Crippen molar-refractivity contribution in [3.8, 4) is 11.6 Å². The lowest BCUT2D eigenvalue weighted by Crippen LogP contribution is -2.38. The summed E-state index contributed by atoms with van der Waals surface area (Å²) in [4.78, 5) is 10.9. The Morgan fingerprint density at radius 2 is 1.87 bits per heavy atom. The molecule has 0 aliphatic heterocycles. The molecule has 9 heteroatoms. The number of rotatable bonds is 11. The molecule has 0 spiro atoms. The molecule has 0 radical (unpaired) electrons. The van der Waals surface area contributed by atoms with Gasteiger partial charge in [0.15, 0.2) is 5.96 Å². The van der Waals surface area contributed by atoms with Crippen LogP contribution < -0.4 is 14.8 Å². The molecule has 1 heterocycles. The number of hydrogen-bond donors (Lipinski definition) is 1. The Kier molecular flexibility index (Phi) is 9.79. The molecule has 164 valence electrons. The van der Waals surface area contributed by atoms with E-state index in [1.807, 2.05) is 24.9 Å². The van der Waals surface area contributed by atoms with E-state index in [2.05, 4.69) is 20.0 Å². The molecule has 0 atom stereocenters. The van der Waals surface area contributed by atoms with Crippen LogP contribution in [0.1, 0.15) is 18.1 Å². The van der Waals surface area contributed by atoms with Crippen molar-refractivity contribution in [3.63, 3.8) is 0 Å². The average Bonchev–Trinajstić information content (AvgIpc) is 2.73. The Labute approximate surface area is 175 Å². The largest absolute Gasteiger partial charge is 0.475 e. The number of hydrogen-bond acceptors (Lipinski definition) is 5. The topological polar surface area (TPSA) is 68.2 Å². The van der Waals surface area contributed by atoms with Crippen LogP contribution in [0.5, 0.6) is 11.6 Å². The van der Waals surface area contributed by atoms with Crippen LogP contribution in [0.3, 0.4) is 0 Å². The highest BCUT2D eigenvalue weighted by Gasteiger charge is 2.08. The lowest BCUT2D eigenvalue weighted by molar-refractivity contribution is -0.0498. The minimum Gasteiger partial charge on any atom is -0.475 e. The predicted octanol–water partition coefficient (Wildman–Crippen LogP) is 3.31. The molecule has 0 amide bonds. The molecule has 0 unspecified atom stereocenters. The zero-order chi connectivity index (χ0) is 21.8. The lowest BCUT2D eigenvalue weighted by atomic mass is 10.2. The molecular weight excluding hydrogens is 394 g/mol. The molecular formula is C21H28F2N4O3. The quantitative estimate of drug-likeness (QED) is 0.341. The number of guanidine groups is 1. The highest BCUT2D eigenvalue weighted by Crippen LogP contribution is 2.16. The minimum absolute atomic E-state index is 0.138. The summed E-state index contributed by atoms with van der Waals surface area (Å²) < 4.78 is 39.3. The Hall–Kier alpha value is -2.94. The summed E-state index contributed by atoms with van der Waals surface area (Å²) in [7, 11) is 3.53. The van der Waals surface area contributed by atoms with E-state index < -0.39 is 6.61 Å². The van der Waals surface area contributed by atoms with Gasteiger partial charge in [0.1, 0.15) is 12.4 Å². The normalized spacial score (nSPS) is 11.5. The number of nitrogens with one attached hydrogen (secondary N) is 1. The standard InChI is InChI=1S/C21H28F2N4O3/c1-4-24-21(26-14-17-7-10-19(25-13-17)29-12-11-28-3)27(2)15-16-5-8-18(9-6-16)30-20(22)23/h5-10,13,20H,4,11-12,14-15H2,1-3H3,(H,24,26). The van der Waals surface area contributed by atoms with E-state index in [0.29, 0.717) is 32.2 Å². The highest BCUT2D eigenvalue weighted by atomic mass is 19.3. The van der Waals surface area contributed by atoms with Gasteiger partial charge in [-0.3, -0.25) is 0 Å². The Morgan fingerprint density at radius 1 is 1.13 bits per heavy atom. The van der Waals surface area contributed by atoms with Crippen molar-refractivity contribution in [2.75, 3.05) is 33.9 Å². The van der Waals surface area contributed by atoms with Crippen molar-refractivity contribution >= 4 is 5.96 Å². The molecule has 0 saturated heterocycles. The van der Waals surface area contributed by atoms with Gasteiger partial charge in [-0.25, -0.2) is 9.98 Å². The van der Waals surface area contributed by atoms with E-state index in [0.717, 1.165) is 23.6 Å². The van der Waals surface area contributed by atoms with Gasteiger partial charge in [0.25, 0.3) is 0 Å². The third-order valence-electron chi connectivity index (χ3n) is 4.01. The van der Waals surface area contributed by atoms with Crippen LogP contribution in [-0.4, -0.2) is 56.4 Å². The number of alkyl halides is 2. The van der Waals surface area contributed by atoms with Crippen molar-refractivity contribution in [3.05, 3.63) is 53.7 Å². The van der Waals surface area contributed by atoms with Crippen molar-refractivity contribution in [2.24, 2.45) is 4.99 Å².